The normalized spacial score (nSPS) is 10.1. The standard InChI is InChI=1S/C15H15ClN2O3/c16-13-8-4-9-14(15(13)18(19)20)17-10-5-11-21-12-6-2-1-3-7-12/h1-4,6-9,17H,5,10-11H2. The first-order valence-corrected chi connectivity index (χ1v) is 6.91. The Kier molecular flexibility index (Phi) is 5.40. The predicted molar refractivity (Wildman–Crippen MR) is 83.2 cm³/mol. The maximum absolute atomic E-state index is 11.0. The molecular weight excluding hydrogens is 292 g/mol. The van der Waals surface area contributed by atoms with Crippen LogP contribution in [0.5, 0.6) is 5.75 Å². The highest BCUT2D eigenvalue weighted by Gasteiger charge is 2.17. The van der Waals surface area contributed by atoms with Gasteiger partial charge in [-0.2, -0.15) is 0 Å². The minimum Gasteiger partial charge on any atom is -0.494 e. The minimum atomic E-state index is -0.481. The van der Waals surface area contributed by atoms with E-state index >= 15 is 0 Å². The molecule has 0 radical (unpaired) electrons. The Balaban J connectivity index is 1.81. The molecule has 0 aliphatic rings. The molecule has 6 heteroatoms. The number of halogens is 1. The van der Waals surface area contributed by atoms with Crippen molar-refractivity contribution in [1.29, 1.82) is 0 Å². The first kappa shape index (κ1) is 15.1. The summed E-state index contributed by atoms with van der Waals surface area (Å²) in [5.41, 5.74) is 0.329. The van der Waals surface area contributed by atoms with Gasteiger partial charge >= 0.3 is 5.69 Å². The topological polar surface area (TPSA) is 64.4 Å². The number of anilines is 1. The highest BCUT2D eigenvalue weighted by molar-refractivity contribution is 6.33. The number of hydrogen-bond acceptors (Lipinski definition) is 4. The molecule has 0 amide bonds. The summed E-state index contributed by atoms with van der Waals surface area (Å²) in [4.78, 5) is 10.5. The van der Waals surface area contributed by atoms with E-state index in [2.05, 4.69) is 5.32 Å². The Morgan fingerprint density at radius 2 is 1.90 bits per heavy atom. The third-order valence-electron chi connectivity index (χ3n) is 2.82. The molecule has 0 saturated carbocycles. The summed E-state index contributed by atoms with van der Waals surface area (Å²) < 4.78 is 5.55. The quantitative estimate of drug-likeness (QED) is 0.474. The molecular formula is C15H15ClN2O3. The number of ether oxygens (including phenoxy) is 1. The Bertz CT molecular complexity index is 605. The first-order chi connectivity index (χ1) is 10.2. The summed E-state index contributed by atoms with van der Waals surface area (Å²) in [7, 11) is 0. The molecule has 0 fully saturated rings. The number of nitrogens with zero attached hydrogens (tertiary/aromatic N) is 1. The monoisotopic (exact) mass is 306 g/mol. The van der Waals surface area contributed by atoms with E-state index in [-0.39, 0.29) is 10.7 Å². The van der Waals surface area contributed by atoms with Gasteiger partial charge in [-0.05, 0) is 30.7 Å². The zero-order valence-electron chi connectivity index (χ0n) is 11.3. The van der Waals surface area contributed by atoms with Gasteiger partial charge in [0.25, 0.3) is 0 Å². The first-order valence-electron chi connectivity index (χ1n) is 6.53. The van der Waals surface area contributed by atoms with Crippen LogP contribution >= 0.6 is 11.6 Å². The van der Waals surface area contributed by atoms with Gasteiger partial charge in [-0.3, -0.25) is 10.1 Å². The molecule has 5 nitrogen and oxygen atoms in total. The van der Waals surface area contributed by atoms with E-state index in [1.165, 1.54) is 6.07 Å². The summed E-state index contributed by atoms with van der Waals surface area (Å²) in [6.45, 7) is 1.10. The zero-order chi connectivity index (χ0) is 15.1. The summed E-state index contributed by atoms with van der Waals surface area (Å²) in [6.07, 6.45) is 0.721. The van der Waals surface area contributed by atoms with Crippen molar-refractivity contribution in [3.63, 3.8) is 0 Å². The number of benzene rings is 2. The van der Waals surface area contributed by atoms with Crippen LogP contribution in [0, 0.1) is 10.1 Å². The van der Waals surface area contributed by atoms with E-state index in [9.17, 15) is 10.1 Å². The maximum atomic E-state index is 11.0. The Labute approximate surface area is 127 Å². The molecule has 0 heterocycles. The van der Waals surface area contributed by atoms with Gasteiger partial charge in [0.05, 0.1) is 11.5 Å². The van der Waals surface area contributed by atoms with E-state index in [4.69, 9.17) is 16.3 Å². The number of hydrogen-bond donors (Lipinski definition) is 1. The Morgan fingerprint density at radius 3 is 2.62 bits per heavy atom. The van der Waals surface area contributed by atoms with Gasteiger partial charge in [0, 0.05) is 6.54 Å². The number of rotatable bonds is 7. The second-order valence-electron chi connectivity index (χ2n) is 4.33. The minimum absolute atomic E-state index is 0.0943. The lowest BCUT2D eigenvalue weighted by Crippen LogP contribution is -2.08. The van der Waals surface area contributed by atoms with Gasteiger partial charge in [0.2, 0.25) is 0 Å². The summed E-state index contributed by atoms with van der Waals surface area (Å²) in [5, 5.41) is 14.1. The van der Waals surface area contributed by atoms with Gasteiger partial charge in [-0.25, -0.2) is 0 Å². The van der Waals surface area contributed by atoms with Crippen LogP contribution in [-0.4, -0.2) is 18.1 Å². The van der Waals surface area contributed by atoms with Crippen molar-refractivity contribution in [3.05, 3.63) is 63.7 Å². The molecule has 2 rings (SSSR count). The molecule has 0 unspecified atom stereocenters. The summed E-state index contributed by atoms with van der Waals surface area (Å²) in [6, 6.07) is 14.3. The lowest BCUT2D eigenvalue weighted by Gasteiger charge is -2.09. The van der Waals surface area contributed by atoms with Crippen LogP contribution in [0.15, 0.2) is 48.5 Å². The average Bonchev–Trinajstić information content (AvgIpc) is 2.47. The lowest BCUT2D eigenvalue weighted by molar-refractivity contribution is -0.383. The van der Waals surface area contributed by atoms with Crippen molar-refractivity contribution >= 4 is 23.0 Å². The molecule has 2 aromatic carbocycles. The van der Waals surface area contributed by atoms with E-state index < -0.39 is 4.92 Å². The van der Waals surface area contributed by atoms with Crippen molar-refractivity contribution in [3.8, 4) is 5.75 Å². The predicted octanol–water partition coefficient (Wildman–Crippen LogP) is 4.13. The van der Waals surface area contributed by atoms with Crippen LogP contribution in [0.4, 0.5) is 11.4 Å². The third-order valence-corrected chi connectivity index (χ3v) is 3.12. The van der Waals surface area contributed by atoms with Crippen LogP contribution < -0.4 is 10.1 Å². The van der Waals surface area contributed by atoms with Gasteiger partial charge in [0.1, 0.15) is 16.5 Å². The van der Waals surface area contributed by atoms with E-state index in [0.29, 0.717) is 18.8 Å². The molecule has 1 N–H and O–H groups in total. The van der Waals surface area contributed by atoms with E-state index in [1.54, 1.807) is 12.1 Å². The fourth-order valence-corrected chi connectivity index (χ4v) is 2.09. The molecule has 0 aromatic heterocycles. The van der Waals surface area contributed by atoms with E-state index in [1.807, 2.05) is 30.3 Å². The number of nitrogens with one attached hydrogen (secondary N) is 1. The summed E-state index contributed by atoms with van der Waals surface area (Å²) >= 11 is 5.84. The zero-order valence-corrected chi connectivity index (χ0v) is 12.0. The smallest absolute Gasteiger partial charge is 0.310 e. The second-order valence-corrected chi connectivity index (χ2v) is 4.74. The van der Waals surface area contributed by atoms with Gasteiger partial charge in [-0.15, -0.1) is 0 Å². The third kappa shape index (κ3) is 4.36. The van der Waals surface area contributed by atoms with Crippen LogP contribution in [0.25, 0.3) is 0 Å². The molecule has 0 bridgehead atoms. The largest absolute Gasteiger partial charge is 0.494 e. The number of nitro groups is 1. The number of para-hydroxylation sites is 2. The maximum Gasteiger partial charge on any atom is 0.310 e. The molecule has 2 aromatic rings. The summed E-state index contributed by atoms with van der Waals surface area (Å²) in [5.74, 6) is 0.811. The van der Waals surface area contributed by atoms with Crippen molar-refractivity contribution in [1.82, 2.24) is 0 Å². The molecule has 0 spiro atoms. The van der Waals surface area contributed by atoms with Crippen molar-refractivity contribution in [2.24, 2.45) is 0 Å². The lowest BCUT2D eigenvalue weighted by atomic mass is 10.2. The van der Waals surface area contributed by atoms with Crippen LogP contribution in [-0.2, 0) is 0 Å². The fourth-order valence-electron chi connectivity index (χ4n) is 1.85. The fraction of sp³-hybridized carbons (Fsp3) is 0.200. The van der Waals surface area contributed by atoms with Crippen LogP contribution in [0.3, 0.4) is 0 Å². The van der Waals surface area contributed by atoms with Crippen LogP contribution in [0.1, 0.15) is 6.42 Å². The van der Waals surface area contributed by atoms with Crippen molar-refractivity contribution in [2.75, 3.05) is 18.5 Å². The number of nitro benzene ring substituents is 1. The Morgan fingerprint density at radius 1 is 1.14 bits per heavy atom. The molecule has 21 heavy (non-hydrogen) atoms. The highest BCUT2D eigenvalue weighted by atomic mass is 35.5. The van der Waals surface area contributed by atoms with Gasteiger partial charge in [0.15, 0.2) is 0 Å². The second kappa shape index (κ2) is 7.50. The van der Waals surface area contributed by atoms with Crippen molar-refractivity contribution < 1.29 is 9.66 Å². The molecule has 0 saturated heterocycles. The highest BCUT2D eigenvalue weighted by Crippen LogP contribution is 2.32. The van der Waals surface area contributed by atoms with Gasteiger partial charge < -0.3 is 10.1 Å². The Hall–Kier alpha value is -2.27. The van der Waals surface area contributed by atoms with Crippen LogP contribution in [0.2, 0.25) is 5.02 Å². The average molecular weight is 307 g/mol. The molecule has 110 valence electrons. The molecule has 0 atom stereocenters. The van der Waals surface area contributed by atoms with Gasteiger partial charge in [-0.1, -0.05) is 35.9 Å². The van der Waals surface area contributed by atoms with Crippen molar-refractivity contribution in [2.45, 2.75) is 6.42 Å². The molecule has 0 aliphatic carbocycles. The SMILES string of the molecule is O=[N+]([O-])c1c(Cl)cccc1NCCCOc1ccccc1. The molecule has 0 aliphatic heterocycles. The van der Waals surface area contributed by atoms with E-state index in [0.717, 1.165) is 12.2 Å².